The largest absolute Gasteiger partial charge is 0.459 e. The highest BCUT2D eigenvalue weighted by Gasteiger charge is 2.43. The first-order chi connectivity index (χ1) is 7.46. The molecule has 0 aromatic heterocycles. The van der Waals surface area contributed by atoms with E-state index in [0.717, 1.165) is 23.4 Å². The van der Waals surface area contributed by atoms with Gasteiger partial charge in [0.1, 0.15) is 13.2 Å². The van der Waals surface area contributed by atoms with Crippen molar-refractivity contribution in [3.05, 3.63) is 0 Å². The predicted octanol–water partition coefficient (Wildman–Crippen LogP) is 1.67. The Bertz CT molecular complexity index is 270. The standard InChI is InChI=1S/C13H24NO2/c1-14(2,3)6-7-16-13(15)12-9-10-4-5-11(12)8-10/h10-12H,4-9H2,1-3H3/q+1. The van der Waals surface area contributed by atoms with Gasteiger partial charge >= 0.3 is 5.97 Å². The van der Waals surface area contributed by atoms with Crippen molar-refractivity contribution >= 4 is 5.97 Å². The van der Waals surface area contributed by atoms with Crippen molar-refractivity contribution in [2.24, 2.45) is 17.8 Å². The molecule has 0 aromatic rings. The highest BCUT2D eigenvalue weighted by molar-refractivity contribution is 5.73. The molecule has 3 heteroatoms. The van der Waals surface area contributed by atoms with Gasteiger partial charge in [0.05, 0.1) is 27.1 Å². The van der Waals surface area contributed by atoms with E-state index in [9.17, 15) is 4.79 Å². The first-order valence-electron chi connectivity index (χ1n) is 6.43. The van der Waals surface area contributed by atoms with Crippen LogP contribution in [0.1, 0.15) is 25.7 Å². The fraction of sp³-hybridized carbons (Fsp3) is 0.923. The lowest BCUT2D eigenvalue weighted by Gasteiger charge is -2.25. The molecule has 2 bridgehead atoms. The summed E-state index contributed by atoms with van der Waals surface area (Å²) in [6.45, 7) is 1.46. The van der Waals surface area contributed by atoms with Crippen molar-refractivity contribution in [1.82, 2.24) is 0 Å². The third-order valence-corrected chi connectivity index (χ3v) is 4.05. The van der Waals surface area contributed by atoms with Crippen LogP contribution in [0.25, 0.3) is 0 Å². The molecule has 0 spiro atoms. The summed E-state index contributed by atoms with van der Waals surface area (Å²) < 4.78 is 6.25. The number of hydrogen-bond acceptors (Lipinski definition) is 2. The fourth-order valence-electron chi connectivity index (χ4n) is 3.06. The molecule has 2 aliphatic rings. The second-order valence-corrected chi connectivity index (χ2v) is 6.46. The number of ether oxygens (including phenoxy) is 1. The maximum Gasteiger partial charge on any atom is 0.309 e. The smallest absolute Gasteiger partial charge is 0.309 e. The molecule has 3 atom stereocenters. The Morgan fingerprint density at radius 3 is 2.50 bits per heavy atom. The molecule has 2 aliphatic carbocycles. The van der Waals surface area contributed by atoms with E-state index < -0.39 is 0 Å². The summed E-state index contributed by atoms with van der Waals surface area (Å²) in [5, 5.41) is 0. The van der Waals surface area contributed by atoms with Crippen molar-refractivity contribution in [3.8, 4) is 0 Å². The molecule has 0 N–H and O–H groups in total. The van der Waals surface area contributed by atoms with E-state index in [0.29, 0.717) is 12.5 Å². The van der Waals surface area contributed by atoms with Crippen LogP contribution in [-0.2, 0) is 9.53 Å². The number of fused-ring (bicyclic) bond motifs is 2. The first kappa shape index (κ1) is 11.9. The Kier molecular flexibility index (Phi) is 3.24. The molecule has 0 radical (unpaired) electrons. The monoisotopic (exact) mass is 226 g/mol. The SMILES string of the molecule is C[N+](C)(C)CCOC(=O)C1CC2CCC1C2. The maximum atomic E-state index is 11.9. The lowest BCUT2D eigenvalue weighted by Crippen LogP contribution is -2.38. The van der Waals surface area contributed by atoms with Crippen LogP contribution in [0.15, 0.2) is 0 Å². The van der Waals surface area contributed by atoms with Crippen LogP contribution in [0, 0.1) is 17.8 Å². The Morgan fingerprint density at radius 2 is 2.00 bits per heavy atom. The highest BCUT2D eigenvalue weighted by atomic mass is 16.5. The first-order valence-corrected chi connectivity index (χ1v) is 6.43. The van der Waals surface area contributed by atoms with Gasteiger partial charge in [-0.1, -0.05) is 6.42 Å². The van der Waals surface area contributed by atoms with Gasteiger partial charge in [0.2, 0.25) is 0 Å². The number of esters is 1. The van der Waals surface area contributed by atoms with Crippen molar-refractivity contribution in [2.45, 2.75) is 25.7 Å². The normalized spacial score (nSPS) is 33.1. The highest BCUT2D eigenvalue weighted by Crippen LogP contribution is 2.48. The molecule has 0 saturated heterocycles. The van der Waals surface area contributed by atoms with Crippen LogP contribution in [0.2, 0.25) is 0 Å². The summed E-state index contributed by atoms with van der Waals surface area (Å²) >= 11 is 0. The van der Waals surface area contributed by atoms with Crippen LogP contribution in [0.4, 0.5) is 0 Å². The van der Waals surface area contributed by atoms with Gasteiger partial charge in [-0.2, -0.15) is 0 Å². The molecular formula is C13H24NO2+. The van der Waals surface area contributed by atoms with Crippen LogP contribution in [0.5, 0.6) is 0 Å². The summed E-state index contributed by atoms with van der Waals surface area (Å²) in [6.07, 6.45) is 4.95. The molecule has 0 aromatic carbocycles. The predicted molar refractivity (Wildman–Crippen MR) is 62.8 cm³/mol. The van der Waals surface area contributed by atoms with Gasteiger partial charge in [-0.25, -0.2) is 0 Å². The molecule has 0 heterocycles. The zero-order valence-corrected chi connectivity index (χ0v) is 10.7. The van der Waals surface area contributed by atoms with Crippen molar-refractivity contribution in [2.75, 3.05) is 34.3 Å². The van der Waals surface area contributed by atoms with E-state index in [4.69, 9.17) is 4.74 Å². The topological polar surface area (TPSA) is 26.3 Å². The van der Waals surface area contributed by atoms with E-state index in [2.05, 4.69) is 21.1 Å². The van der Waals surface area contributed by atoms with Crippen molar-refractivity contribution in [3.63, 3.8) is 0 Å². The summed E-state index contributed by atoms with van der Waals surface area (Å²) in [4.78, 5) is 11.9. The van der Waals surface area contributed by atoms with Gasteiger partial charge < -0.3 is 9.22 Å². The van der Waals surface area contributed by atoms with Crippen LogP contribution >= 0.6 is 0 Å². The lowest BCUT2D eigenvalue weighted by atomic mass is 9.89. The third kappa shape index (κ3) is 2.76. The minimum atomic E-state index is 0.0700. The van der Waals surface area contributed by atoms with Crippen LogP contribution in [-0.4, -0.2) is 44.7 Å². The second kappa shape index (κ2) is 4.36. The summed E-state index contributed by atoms with van der Waals surface area (Å²) in [7, 11) is 6.35. The molecule has 3 unspecified atom stereocenters. The maximum absolute atomic E-state index is 11.9. The fourth-order valence-corrected chi connectivity index (χ4v) is 3.06. The van der Waals surface area contributed by atoms with Crippen LogP contribution < -0.4 is 0 Å². The van der Waals surface area contributed by atoms with Gasteiger partial charge in [0, 0.05) is 0 Å². The summed E-state index contributed by atoms with van der Waals surface area (Å²) in [5.41, 5.74) is 0. The van der Waals surface area contributed by atoms with E-state index in [1.807, 2.05) is 0 Å². The Hall–Kier alpha value is -0.570. The molecular weight excluding hydrogens is 202 g/mol. The van der Waals surface area contributed by atoms with E-state index in [1.165, 1.54) is 19.3 Å². The number of rotatable bonds is 4. The molecule has 92 valence electrons. The average molecular weight is 226 g/mol. The van der Waals surface area contributed by atoms with Crippen molar-refractivity contribution < 1.29 is 14.0 Å². The zero-order valence-electron chi connectivity index (χ0n) is 10.7. The Morgan fingerprint density at radius 1 is 1.25 bits per heavy atom. The van der Waals surface area contributed by atoms with E-state index in [-0.39, 0.29) is 11.9 Å². The second-order valence-electron chi connectivity index (χ2n) is 6.46. The van der Waals surface area contributed by atoms with Gasteiger partial charge in [-0.05, 0) is 31.1 Å². The molecule has 2 saturated carbocycles. The zero-order chi connectivity index (χ0) is 11.8. The minimum Gasteiger partial charge on any atom is -0.459 e. The third-order valence-electron chi connectivity index (χ3n) is 4.05. The summed E-state index contributed by atoms with van der Waals surface area (Å²) in [5.74, 6) is 1.76. The quantitative estimate of drug-likeness (QED) is 0.538. The van der Waals surface area contributed by atoms with Gasteiger partial charge in [-0.15, -0.1) is 0 Å². The number of carbonyl (C=O) groups is 1. The van der Waals surface area contributed by atoms with Gasteiger partial charge in [0.15, 0.2) is 0 Å². The molecule has 3 nitrogen and oxygen atoms in total. The van der Waals surface area contributed by atoms with Gasteiger partial charge in [0.25, 0.3) is 0 Å². The van der Waals surface area contributed by atoms with Gasteiger partial charge in [-0.3, -0.25) is 4.79 Å². The summed E-state index contributed by atoms with van der Waals surface area (Å²) in [6, 6.07) is 0. The number of carbonyl (C=O) groups excluding carboxylic acids is 1. The Labute approximate surface area is 98.4 Å². The lowest BCUT2D eigenvalue weighted by molar-refractivity contribution is -0.870. The van der Waals surface area contributed by atoms with Crippen molar-refractivity contribution in [1.29, 1.82) is 0 Å². The number of quaternary nitrogens is 1. The Balaban J connectivity index is 1.73. The van der Waals surface area contributed by atoms with E-state index in [1.54, 1.807) is 0 Å². The molecule has 0 aliphatic heterocycles. The molecule has 0 amide bonds. The van der Waals surface area contributed by atoms with E-state index >= 15 is 0 Å². The van der Waals surface area contributed by atoms with Crippen LogP contribution in [0.3, 0.4) is 0 Å². The molecule has 16 heavy (non-hydrogen) atoms. The minimum absolute atomic E-state index is 0.0700. The molecule has 2 fully saturated rings. The number of nitrogens with zero attached hydrogens (tertiary/aromatic N) is 1. The number of likely N-dealkylation sites (N-methyl/N-ethyl adjacent to an activating group) is 1. The average Bonchev–Trinajstić information content (AvgIpc) is 2.76. The molecule has 2 rings (SSSR count). The number of hydrogen-bond donors (Lipinski definition) is 0.